The number of anilines is 1. The Balaban J connectivity index is 1.95. The van der Waals surface area contributed by atoms with Crippen molar-refractivity contribution in [2.75, 3.05) is 32.6 Å². The van der Waals surface area contributed by atoms with E-state index in [9.17, 15) is 4.79 Å². The molecule has 98 valence electrons. The van der Waals surface area contributed by atoms with Crippen molar-refractivity contribution < 1.29 is 9.53 Å². The first-order chi connectivity index (χ1) is 8.70. The van der Waals surface area contributed by atoms with Crippen molar-refractivity contribution in [1.82, 2.24) is 9.88 Å². The van der Waals surface area contributed by atoms with Gasteiger partial charge in [-0.15, -0.1) is 0 Å². The van der Waals surface area contributed by atoms with E-state index in [1.54, 1.807) is 24.2 Å². The predicted octanol–water partition coefficient (Wildman–Crippen LogP) is 1.37. The molecular weight excluding hydrogens is 230 g/mol. The number of amides is 1. The molecule has 0 spiro atoms. The van der Waals surface area contributed by atoms with E-state index in [4.69, 9.17) is 4.74 Å². The van der Waals surface area contributed by atoms with Gasteiger partial charge in [-0.25, -0.2) is 4.98 Å². The van der Waals surface area contributed by atoms with Crippen LogP contribution in [0.4, 0.5) is 5.69 Å². The van der Waals surface area contributed by atoms with Crippen molar-refractivity contribution in [3.63, 3.8) is 0 Å². The van der Waals surface area contributed by atoms with Gasteiger partial charge in [-0.05, 0) is 25.0 Å². The lowest BCUT2D eigenvalue weighted by molar-refractivity contribution is 0.0583. The molecule has 1 atom stereocenters. The van der Waals surface area contributed by atoms with E-state index in [0.717, 1.165) is 25.1 Å². The van der Waals surface area contributed by atoms with Crippen molar-refractivity contribution in [1.29, 1.82) is 0 Å². The van der Waals surface area contributed by atoms with Gasteiger partial charge < -0.3 is 15.0 Å². The van der Waals surface area contributed by atoms with Gasteiger partial charge >= 0.3 is 0 Å². The Hall–Kier alpha value is -1.62. The van der Waals surface area contributed by atoms with E-state index in [0.29, 0.717) is 12.2 Å². The fraction of sp³-hybridized carbons (Fsp3) is 0.538. The molecule has 1 saturated heterocycles. The maximum atomic E-state index is 12.1. The first kappa shape index (κ1) is 12.8. The largest absolute Gasteiger partial charge is 0.387 e. The second kappa shape index (κ2) is 5.82. The number of likely N-dealkylation sites (N-methyl/N-ethyl adjacent to an activating group) is 1. The van der Waals surface area contributed by atoms with Crippen LogP contribution in [0, 0.1) is 0 Å². The lowest BCUT2D eigenvalue weighted by Crippen LogP contribution is -2.34. The average Bonchev–Trinajstić information content (AvgIpc) is 2.91. The van der Waals surface area contributed by atoms with Crippen LogP contribution in [0.2, 0.25) is 0 Å². The Morgan fingerprint density at radius 2 is 2.44 bits per heavy atom. The molecule has 1 aromatic heterocycles. The topological polar surface area (TPSA) is 54.5 Å². The first-order valence-electron chi connectivity index (χ1n) is 6.21. The molecule has 2 heterocycles. The Bertz CT molecular complexity index is 399. The number of aromatic nitrogens is 1. The van der Waals surface area contributed by atoms with Gasteiger partial charge in [-0.1, -0.05) is 0 Å². The Labute approximate surface area is 107 Å². The second-order valence-electron chi connectivity index (χ2n) is 4.50. The van der Waals surface area contributed by atoms with Crippen molar-refractivity contribution in [3.8, 4) is 0 Å². The van der Waals surface area contributed by atoms with Crippen LogP contribution in [0.5, 0.6) is 0 Å². The summed E-state index contributed by atoms with van der Waals surface area (Å²) >= 11 is 0. The summed E-state index contributed by atoms with van der Waals surface area (Å²) in [6.45, 7) is 1.44. The van der Waals surface area contributed by atoms with E-state index in [1.807, 2.05) is 13.1 Å². The minimum Gasteiger partial charge on any atom is -0.387 e. The highest BCUT2D eigenvalue weighted by atomic mass is 16.5. The number of nitrogens with one attached hydrogen (secondary N) is 1. The molecule has 5 heteroatoms. The summed E-state index contributed by atoms with van der Waals surface area (Å²) < 4.78 is 5.52. The molecular formula is C13H19N3O2. The molecule has 18 heavy (non-hydrogen) atoms. The number of hydrogen-bond acceptors (Lipinski definition) is 4. The molecule has 1 fully saturated rings. The minimum absolute atomic E-state index is 0.0619. The van der Waals surface area contributed by atoms with Gasteiger partial charge in [0, 0.05) is 27.2 Å². The van der Waals surface area contributed by atoms with Crippen LogP contribution in [0.1, 0.15) is 23.3 Å². The maximum Gasteiger partial charge on any atom is 0.272 e. The van der Waals surface area contributed by atoms with E-state index >= 15 is 0 Å². The van der Waals surface area contributed by atoms with Gasteiger partial charge in [0.05, 0.1) is 18.0 Å². The molecule has 0 aliphatic carbocycles. The fourth-order valence-corrected chi connectivity index (χ4v) is 2.04. The third kappa shape index (κ3) is 2.98. The molecule has 0 saturated carbocycles. The highest BCUT2D eigenvalue weighted by Gasteiger charge is 2.21. The van der Waals surface area contributed by atoms with Gasteiger partial charge in [0.25, 0.3) is 5.91 Å². The number of ether oxygens (including phenoxy) is 1. The van der Waals surface area contributed by atoms with Crippen LogP contribution in [0.3, 0.4) is 0 Å². The summed E-state index contributed by atoms with van der Waals surface area (Å²) in [5.74, 6) is -0.0619. The maximum absolute atomic E-state index is 12.1. The number of hydrogen-bond donors (Lipinski definition) is 1. The van der Waals surface area contributed by atoms with Gasteiger partial charge in [0.15, 0.2) is 0 Å². The number of rotatable bonds is 4. The fourth-order valence-electron chi connectivity index (χ4n) is 2.04. The molecule has 1 N–H and O–H groups in total. The molecule has 1 amide bonds. The van der Waals surface area contributed by atoms with Gasteiger partial charge in [0.2, 0.25) is 0 Å². The molecule has 0 aromatic carbocycles. The van der Waals surface area contributed by atoms with Crippen LogP contribution in [0.15, 0.2) is 18.3 Å². The highest BCUT2D eigenvalue weighted by Crippen LogP contribution is 2.14. The van der Waals surface area contributed by atoms with Crippen LogP contribution in [-0.4, -0.2) is 49.1 Å². The third-order valence-corrected chi connectivity index (χ3v) is 3.12. The van der Waals surface area contributed by atoms with Crippen LogP contribution < -0.4 is 5.32 Å². The van der Waals surface area contributed by atoms with E-state index in [1.165, 1.54) is 0 Å². The zero-order chi connectivity index (χ0) is 13.0. The zero-order valence-electron chi connectivity index (χ0n) is 10.8. The highest BCUT2D eigenvalue weighted by molar-refractivity contribution is 5.92. The Morgan fingerprint density at radius 1 is 1.61 bits per heavy atom. The minimum atomic E-state index is -0.0619. The molecule has 1 aromatic rings. The molecule has 2 rings (SSSR count). The van der Waals surface area contributed by atoms with Gasteiger partial charge in [-0.3, -0.25) is 4.79 Å². The first-order valence-corrected chi connectivity index (χ1v) is 6.21. The summed E-state index contributed by atoms with van der Waals surface area (Å²) in [5, 5.41) is 2.97. The van der Waals surface area contributed by atoms with Crippen molar-refractivity contribution in [2.24, 2.45) is 0 Å². The number of carbonyl (C=O) groups excluding carboxylic acids is 1. The summed E-state index contributed by atoms with van der Waals surface area (Å²) in [7, 11) is 3.61. The van der Waals surface area contributed by atoms with Crippen molar-refractivity contribution in [3.05, 3.63) is 24.0 Å². The Kier molecular flexibility index (Phi) is 4.15. The summed E-state index contributed by atoms with van der Waals surface area (Å²) in [6.07, 6.45) is 3.95. The molecule has 1 aliphatic rings. The van der Waals surface area contributed by atoms with Crippen molar-refractivity contribution >= 4 is 11.6 Å². The summed E-state index contributed by atoms with van der Waals surface area (Å²) in [5.41, 5.74) is 1.36. The van der Waals surface area contributed by atoms with Gasteiger partial charge in [0.1, 0.15) is 5.69 Å². The van der Waals surface area contributed by atoms with E-state index in [2.05, 4.69) is 10.3 Å². The zero-order valence-corrected chi connectivity index (χ0v) is 10.8. The lowest BCUT2D eigenvalue weighted by Gasteiger charge is -2.20. The molecule has 5 nitrogen and oxygen atoms in total. The summed E-state index contributed by atoms with van der Waals surface area (Å²) in [4.78, 5) is 17.9. The monoisotopic (exact) mass is 249 g/mol. The van der Waals surface area contributed by atoms with E-state index in [-0.39, 0.29) is 12.0 Å². The third-order valence-electron chi connectivity index (χ3n) is 3.12. The number of carbonyl (C=O) groups is 1. The van der Waals surface area contributed by atoms with Crippen LogP contribution >= 0.6 is 0 Å². The van der Waals surface area contributed by atoms with E-state index < -0.39 is 0 Å². The second-order valence-corrected chi connectivity index (χ2v) is 4.50. The normalized spacial score (nSPS) is 18.7. The van der Waals surface area contributed by atoms with Crippen LogP contribution in [0.25, 0.3) is 0 Å². The number of pyridine rings is 1. The molecule has 1 unspecified atom stereocenters. The predicted molar refractivity (Wildman–Crippen MR) is 69.7 cm³/mol. The van der Waals surface area contributed by atoms with Crippen LogP contribution in [-0.2, 0) is 4.74 Å². The molecule has 0 radical (unpaired) electrons. The lowest BCUT2D eigenvalue weighted by atomic mass is 10.2. The SMILES string of the molecule is CNc1ccc(C(=O)N(C)CC2CCCO2)nc1. The van der Waals surface area contributed by atoms with Gasteiger partial charge in [-0.2, -0.15) is 0 Å². The Morgan fingerprint density at radius 3 is 3.00 bits per heavy atom. The van der Waals surface area contributed by atoms with Crippen molar-refractivity contribution in [2.45, 2.75) is 18.9 Å². The smallest absolute Gasteiger partial charge is 0.272 e. The average molecular weight is 249 g/mol. The standard InChI is InChI=1S/C13H19N3O2/c1-14-10-5-6-12(15-8-10)13(17)16(2)9-11-4-3-7-18-11/h5-6,8,11,14H,3-4,7,9H2,1-2H3. The molecule has 0 bridgehead atoms. The quantitative estimate of drug-likeness (QED) is 0.875. The summed E-state index contributed by atoms with van der Waals surface area (Å²) in [6, 6.07) is 3.58. The number of nitrogens with zero attached hydrogens (tertiary/aromatic N) is 2. The molecule has 1 aliphatic heterocycles.